The van der Waals surface area contributed by atoms with Crippen molar-refractivity contribution >= 4 is 11.9 Å². The second kappa shape index (κ2) is 5.33. The summed E-state index contributed by atoms with van der Waals surface area (Å²) in [4.78, 5) is 17.6. The Labute approximate surface area is 125 Å². The molecule has 1 aliphatic carbocycles. The van der Waals surface area contributed by atoms with Crippen molar-refractivity contribution in [1.82, 2.24) is 9.88 Å². The molecular weight excluding hydrogens is 299 g/mol. The van der Waals surface area contributed by atoms with Gasteiger partial charge in [-0.3, -0.25) is 0 Å². The van der Waals surface area contributed by atoms with Crippen LogP contribution in [0.2, 0.25) is 0 Å². The number of nitrogens with zero attached hydrogens (tertiary/aromatic N) is 3. The zero-order valence-electron chi connectivity index (χ0n) is 11.8. The highest BCUT2D eigenvalue weighted by Gasteiger charge is 2.38. The van der Waals surface area contributed by atoms with Gasteiger partial charge in [0.15, 0.2) is 0 Å². The Morgan fingerprint density at radius 2 is 1.86 bits per heavy atom. The maximum Gasteiger partial charge on any atom is 0.419 e. The lowest BCUT2D eigenvalue weighted by Gasteiger charge is -2.35. The fourth-order valence-electron chi connectivity index (χ4n) is 2.68. The largest absolute Gasteiger partial charge is 0.465 e. The molecule has 1 aliphatic heterocycles. The summed E-state index contributed by atoms with van der Waals surface area (Å²) < 4.78 is 39.9. The van der Waals surface area contributed by atoms with Crippen LogP contribution in [-0.2, 0) is 6.18 Å². The molecule has 0 bridgehead atoms. The van der Waals surface area contributed by atoms with E-state index in [0.29, 0.717) is 5.56 Å². The summed E-state index contributed by atoms with van der Waals surface area (Å²) in [5, 5.41) is 8.90. The number of hydrogen-bond donors (Lipinski definition) is 1. The number of carboxylic acid groups (broad SMARTS) is 1. The molecule has 1 saturated carbocycles. The molecule has 1 aromatic rings. The van der Waals surface area contributed by atoms with E-state index in [2.05, 4.69) is 4.98 Å². The van der Waals surface area contributed by atoms with Gasteiger partial charge in [-0.05, 0) is 30.4 Å². The standard InChI is InChI=1S/C14H16F3N3O2/c15-14(16,17)11-7-10(9-1-2-9)8-18-12(11)19-3-5-20(6-4-19)13(21)22/h7-9H,1-6H2,(H,21,22). The number of halogens is 3. The van der Waals surface area contributed by atoms with Crippen molar-refractivity contribution in [2.45, 2.75) is 24.9 Å². The molecule has 8 heteroatoms. The van der Waals surface area contributed by atoms with Crippen molar-refractivity contribution in [3.8, 4) is 0 Å². The Bertz CT molecular complexity index is 579. The normalized spacial score (nSPS) is 19.4. The van der Waals surface area contributed by atoms with E-state index in [-0.39, 0.29) is 37.9 Å². The first-order valence-corrected chi connectivity index (χ1v) is 7.16. The van der Waals surface area contributed by atoms with E-state index in [1.807, 2.05) is 0 Å². The van der Waals surface area contributed by atoms with Gasteiger partial charge in [-0.2, -0.15) is 13.2 Å². The highest BCUT2D eigenvalue weighted by Crippen LogP contribution is 2.43. The number of anilines is 1. The molecule has 3 rings (SSSR count). The van der Waals surface area contributed by atoms with Crippen molar-refractivity contribution in [2.75, 3.05) is 31.1 Å². The van der Waals surface area contributed by atoms with Crippen LogP contribution in [0.4, 0.5) is 23.8 Å². The van der Waals surface area contributed by atoms with Gasteiger partial charge in [0.05, 0.1) is 5.56 Å². The highest BCUT2D eigenvalue weighted by atomic mass is 19.4. The van der Waals surface area contributed by atoms with Gasteiger partial charge in [0.25, 0.3) is 0 Å². The van der Waals surface area contributed by atoms with Crippen molar-refractivity contribution in [3.63, 3.8) is 0 Å². The monoisotopic (exact) mass is 315 g/mol. The number of rotatable bonds is 2. The van der Waals surface area contributed by atoms with Crippen LogP contribution in [-0.4, -0.2) is 47.3 Å². The summed E-state index contributed by atoms with van der Waals surface area (Å²) in [5.41, 5.74) is -0.0825. The van der Waals surface area contributed by atoms with Crippen molar-refractivity contribution < 1.29 is 23.1 Å². The predicted molar refractivity (Wildman–Crippen MR) is 73.0 cm³/mol. The molecule has 22 heavy (non-hydrogen) atoms. The molecule has 2 heterocycles. The van der Waals surface area contributed by atoms with Crippen LogP contribution in [0.15, 0.2) is 12.3 Å². The Kier molecular flexibility index (Phi) is 3.62. The SMILES string of the molecule is O=C(O)N1CCN(c2ncc(C3CC3)cc2C(F)(F)F)CC1. The number of amides is 1. The molecule has 0 spiro atoms. The number of hydrogen-bond acceptors (Lipinski definition) is 3. The lowest BCUT2D eigenvalue weighted by atomic mass is 10.1. The number of pyridine rings is 1. The average Bonchev–Trinajstić information content (AvgIpc) is 3.30. The minimum Gasteiger partial charge on any atom is -0.465 e. The van der Waals surface area contributed by atoms with E-state index in [9.17, 15) is 18.0 Å². The predicted octanol–water partition coefficient (Wildman–Crippen LogP) is 2.78. The molecule has 0 radical (unpaired) electrons. The summed E-state index contributed by atoms with van der Waals surface area (Å²) in [6.45, 7) is 0.785. The smallest absolute Gasteiger partial charge is 0.419 e. The molecule has 1 aromatic heterocycles. The zero-order valence-corrected chi connectivity index (χ0v) is 11.8. The summed E-state index contributed by atoms with van der Waals surface area (Å²) in [6, 6.07) is 1.20. The van der Waals surface area contributed by atoms with E-state index in [1.54, 1.807) is 0 Å². The molecule has 2 fully saturated rings. The first kappa shape index (κ1) is 14.9. The van der Waals surface area contributed by atoms with Crippen LogP contribution < -0.4 is 4.90 Å². The number of aromatic nitrogens is 1. The third-order valence-electron chi connectivity index (χ3n) is 4.09. The van der Waals surface area contributed by atoms with Gasteiger partial charge in [-0.1, -0.05) is 0 Å². The van der Waals surface area contributed by atoms with Crippen LogP contribution in [0.3, 0.4) is 0 Å². The van der Waals surface area contributed by atoms with Crippen LogP contribution in [0.5, 0.6) is 0 Å². The molecule has 0 unspecified atom stereocenters. The number of piperazine rings is 1. The van der Waals surface area contributed by atoms with Crippen LogP contribution >= 0.6 is 0 Å². The first-order chi connectivity index (χ1) is 10.4. The molecule has 1 saturated heterocycles. The van der Waals surface area contributed by atoms with Crippen LogP contribution in [0, 0.1) is 0 Å². The van der Waals surface area contributed by atoms with E-state index in [0.717, 1.165) is 12.8 Å². The number of carbonyl (C=O) groups is 1. The zero-order chi connectivity index (χ0) is 15.9. The molecule has 2 aliphatic rings. The van der Waals surface area contributed by atoms with E-state index >= 15 is 0 Å². The molecule has 1 amide bonds. The average molecular weight is 315 g/mol. The number of alkyl halides is 3. The summed E-state index contributed by atoms with van der Waals surface area (Å²) in [5.74, 6) is 0.105. The molecule has 0 aromatic carbocycles. The molecule has 1 N–H and O–H groups in total. The lowest BCUT2D eigenvalue weighted by molar-refractivity contribution is -0.137. The van der Waals surface area contributed by atoms with Gasteiger partial charge < -0.3 is 14.9 Å². The summed E-state index contributed by atoms with van der Waals surface area (Å²) >= 11 is 0. The Morgan fingerprint density at radius 3 is 2.36 bits per heavy atom. The highest BCUT2D eigenvalue weighted by molar-refractivity contribution is 5.65. The van der Waals surface area contributed by atoms with Gasteiger partial charge in [0, 0.05) is 32.4 Å². The van der Waals surface area contributed by atoms with Crippen LogP contribution in [0.1, 0.15) is 29.9 Å². The molecular formula is C14H16F3N3O2. The van der Waals surface area contributed by atoms with Gasteiger partial charge in [-0.25, -0.2) is 9.78 Å². The van der Waals surface area contributed by atoms with E-state index in [1.165, 1.54) is 22.1 Å². The van der Waals surface area contributed by atoms with Crippen molar-refractivity contribution in [2.24, 2.45) is 0 Å². The minimum atomic E-state index is -4.46. The fraction of sp³-hybridized carbons (Fsp3) is 0.571. The molecule has 120 valence electrons. The maximum atomic E-state index is 13.3. The first-order valence-electron chi connectivity index (χ1n) is 7.16. The second-order valence-electron chi connectivity index (χ2n) is 5.67. The summed E-state index contributed by atoms with van der Waals surface area (Å²) in [7, 11) is 0. The Morgan fingerprint density at radius 1 is 1.23 bits per heavy atom. The summed E-state index contributed by atoms with van der Waals surface area (Å²) in [6.07, 6.45) is -2.17. The van der Waals surface area contributed by atoms with E-state index < -0.39 is 17.8 Å². The van der Waals surface area contributed by atoms with Gasteiger partial charge in [0.2, 0.25) is 0 Å². The third-order valence-corrected chi connectivity index (χ3v) is 4.09. The second-order valence-corrected chi connectivity index (χ2v) is 5.67. The van der Waals surface area contributed by atoms with Gasteiger partial charge in [-0.15, -0.1) is 0 Å². The van der Waals surface area contributed by atoms with Gasteiger partial charge >= 0.3 is 12.3 Å². The van der Waals surface area contributed by atoms with Crippen molar-refractivity contribution in [1.29, 1.82) is 0 Å². The molecule has 0 atom stereocenters. The Hall–Kier alpha value is -1.99. The topological polar surface area (TPSA) is 56.7 Å². The third kappa shape index (κ3) is 2.95. The van der Waals surface area contributed by atoms with Crippen molar-refractivity contribution in [3.05, 3.63) is 23.4 Å². The Balaban J connectivity index is 1.85. The van der Waals surface area contributed by atoms with Crippen LogP contribution in [0.25, 0.3) is 0 Å². The maximum absolute atomic E-state index is 13.3. The quantitative estimate of drug-likeness (QED) is 0.912. The van der Waals surface area contributed by atoms with Gasteiger partial charge in [0.1, 0.15) is 5.82 Å². The van der Waals surface area contributed by atoms with E-state index in [4.69, 9.17) is 5.11 Å². The lowest BCUT2D eigenvalue weighted by Crippen LogP contribution is -2.49. The molecule has 5 nitrogen and oxygen atoms in total. The fourth-order valence-corrected chi connectivity index (χ4v) is 2.68. The minimum absolute atomic E-state index is 0.0954.